The van der Waals surface area contributed by atoms with Gasteiger partial charge >= 0.3 is 0 Å². The van der Waals surface area contributed by atoms with Crippen LogP contribution < -0.4 is 4.90 Å². The van der Waals surface area contributed by atoms with Gasteiger partial charge in [0, 0.05) is 36.7 Å². The van der Waals surface area contributed by atoms with E-state index in [1.54, 1.807) is 4.68 Å². The highest BCUT2D eigenvalue weighted by molar-refractivity contribution is 5.82. The zero-order valence-electron chi connectivity index (χ0n) is 16.2. The van der Waals surface area contributed by atoms with Gasteiger partial charge in [0.15, 0.2) is 0 Å². The summed E-state index contributed by atoms with van der Waals surface area (Å²) >= 11 is 0. The van der Waals surface area contributed by atoms with E-state index < -0.39 is 0 Å². The number of hydrogen-bond donors (Lipinski definition) is 0. The molecule has 1 fully saturated rings. The summed E-state index contributed by atoms with van der Waals surface area (Å²) in [6, 6.07) is 15.1. The molecule has 0 aliphatic heterocycles. The summed E-state index contributed by atoms with van der Waals surface area (Å²) in [5.74, 6) is 0.782. The van der Waals surface area contributed by atoms with Crippen LogP contribution in [0, 0.1) is 12.8 Å². The molecule has 5 nitrogen and oxygen atoms in total. The minimum absolute atomic E-state index is 0.782. The van der Waals surface area contributed by atoms with Gasteiger partial charge in [0.25, 0.3) is 0 Å². The third-order valence-corrected chi connectivity index (χ3v) is 5.29. The Morgan fingerprint density at radius 3 is 2.64 bits per heavy atom. The quantitative estimate of drug-likeness (QED) is 0.503. The molecule has 0 N–H and O–H groups in total. The molecule has 5 heteroatoms. The van der Waals surface area contributed by atoms with Crippen molar-refractivity contribution >= 4 is 22.4 Å². The van der Waals surface area contributed by atoms with Gasteiger partial charge in [0.1, 0.15) is 0 Å². The van der Waals surface area contributed by atoms with E-state index in [0.29, 0.717) is 0 Å². The lowest BCUT2D eigenvalue weighted by Gasteiger charge is -2.25. The molecule has 2 aromatic carbocycles. The minimum Gasteiger partial charge on any atom is -0.341 e. The lowest BCUT2D eigenvalue weighted by atomic mass is 10.1. The van der Waals surface area contributed by atoms with E-state index in [9.17, 15) is 0 Å². The van der Waals surface area contributed by atoms with Crippen molar-refractivity contribution in [3.63, 3.8) is 0 Å². The van der Waals surface area contributed by atoms with Crippen LogP contribution in [0.25, 0.3) is 22.3 Å². The first-order valence-corrected chi connectivity index (χ1v) is 9.76. The van der Waals surface area contributed by atoms with E-state index in [-0.39, 0.29) is 0 Å². The van der Waals surface area contributed by atoms with Gasteiger partial charge in [-0.3, -0.25) is 9.67 Å². The van der Waals surface area contributed by atoms with Crippen LogP contribution in [-0.4, -0.2) is 26.3 Å². The Morgan fingerprint density at radius 2 is 1.89 bits per heavy atom. The second-order valence-electron chi connectivity index (χ2n) is 7.72. The van der Waals surface area contributed by atoms with Crippen LogP contribution in [0.5, 0.6) is 0 Å². The molecule has 28 heavy (non-hydrogen) atoms. The number of rotatable bonds is 5. The van der Waals surface area contributed by atoms with Crippen molar-refractivity contribution in [1.82, 2.24) is 19.7 Å². The van der Waals surface area contributed by atoms with Gasteiger partial charge in [-0.2, -0.15) is 5.10 Å². The summed E-state index contributed by atoms with van der Waals surface area (Å²) in [5, 5.41) is 4.25. The van der Waals surface area contributed by atoms with E-state index >= 15 is 0 Å². The van der Waals surface area contributed by atoms with Crippen molar-refractivity contribution in [2.45, 2.75) is 19.8 Å². The van der Waals surface area contributed by atoms with Crippen molar-refractivity contribution in [3.8, 4) is 11.3 Å². The molecule has 0 bridgehead atoms. The lowest BCUT2D eigenvalue weighted by Crippen LogP contribution is -2.20. The standard InChI is InChI=1S/C23H23N5/c1-16-4-3-5-19(10-16)28(14-17-6-7-17)20-8-9-21-22(11-20)26-23(13-24-21)18-12-25-27(2)15-18/h3-5,8-13,15,17H,6-7,14H2,1-2H3. The Hall–Kier alpha value is -3.21. The summed E-state index contributed by atoms with van der Waals surface area (Å²) < 4.78 is 1.78. The smallest absolute Gasteiger partial charge is 0.0924 e. The molecule has 0 saturated heterocycles. The average Bonchev–Trinajstić information content (AvgIpc) is 3.43. The number of aromatic nitrogens is 4. The van der Waals surface area contributed by atoms with Gasteiger partial charge < -0.3 is 4.90 Å². The Morgan fingerprint density at radius 1 is 1.04 bits per heavy atom. The highest BCUT2D eigenvalue weighted by Gasteiger charge is 2.25. The zero-order valence-corrected chi connectivity index (χ0v) is 16.2. The molecule has 140 valence electrons. The fourth-order valence-electron chi connectivity index (χ4n) is 3.57. The summed E-state index contributed by atoms with van der Waals surface area (Å²) in [7, 11) is 1.91. The minimum atomic E-state index is 0.782. The number of nitrogens with zero attached hydrogens (tertiary/aromatic N) is 5. The predicted octanol–water partition coefficient (Wildman–Crippen LogP) is 4.89. The molecule has 0 spiro atoms. The second-order valence-corrected chi connectivity index (χ2v) is 7.72. The van der Waals surface area contributed by atoms with E-state index in [2.05, 4.69) is 64.4 Å². The van der Waals surface area contributed by atoms with E-state index in [1.165, 1.54) is 29.8 Å². The molecule has 5 rings (SSSR count). The molecule has 0 atom stereocenters. The maximum Gasteiger partial charge on any atom is 0.0924 e. The Labute approximate surface area is 164 Å². The molecule has 2 aromatic heterocycles. The Bertz CT molecular complexity index is 1140. The predicted molar refractivity (Wildman–Crippen MR) is 113 cm³/mol. The van der Waals surface area contributed by atoms with Crippen LogP contribution in [0.2, 0.25) is 0 Å². The van der Waals surface area contributed by atoms with Crippen molar-refractivity contribution < 1.29 is 0 Å². The molecule has 1 aliphatic rings. The van der Waals surface area contributed by atoms with Crippen molar-refractivity contribution in [1.29, 1.82) is 0 Å². The van der Waals surface area contributed by atoms with Crippen LogP contribution >= 0.6 is 0 Å². The molecular formula is C23H23N5. The average molecular weight is 369 g/mol. The summed E-state index contributed by atoms with van der Waals surface area (Å²) in [5.41, 5.74) is 7.33. The normalized spacial score (nSPS) is 13.8. The molecule has 1 saturated carbocycles. The fraction of sp³-hybridized carbons (Fsp3) is 0.261. The highest BCUT2D eigenvalue weighted by Crippen LogP contribution is 2.36. The van der Waals surface area contributed by atoms with Crippen LogP contribution in [-0.2, 0) is 7.05 Å². The molecule has 4 aromatic rings. The first-order valence-electron chi connectivity index (χ1n) is 9.76. The second kappa shape index (κ2) is 6.75. The number of fused-ring (bicyclic) bond motifs is 1. The largest absolute Gasteiger partial charge is 0.341 e. The number of benzene rings is 2. The molecule has 2 heterocycles. The fourth-order valence-corrected chi connectivity index (χ4v) is 3.57. The Kier molecular flexibility index (Phi) is 4.08. The topological polar surface area (TPSA) is 46.8 Å². The molecule has 0 radical (unpaired) electrons. The van der Waals surface area contributed by atoms with Crippen LogP contribution in [0.1, 0.15) is 18.4 Å². The summed E-state index contributed by atoms with van der Waals surface area (Å²) in [4.78, 5) is 11.9. The van der Waals surface area contributed by atoms with Gasteiger partial charge in [-0.15, -0.1) is 0 Å². The van der Waals surface area contributed by atoms with E-state index in [4.69, 9.17) is 4.98 Å². The van der Waals surface area contributed by atoms with E-state index in [1.807, 2.05) is 25.6 Å². The lowest BCUT2D eigenvalue weighted by molar-refractivity contribution is 0.768. The van der Waals surface area contributed by atoms with Gasteiger partial charge in [-0.1, -0.05) is 12.1 Å². The zero-order chi connectivity index (χ0) is 19.1. The maximum atomic E-state index is 4.87. The molecule has 0 unspecified atom stereocenters. The van der Waals surface area contributed by atoms with Crippen LogP contribution in [0.15, 0.2) is 61.1 Å². The van der Waals surface area contributed by atoms with Gasteiger partial charge in [0.05, 0.1) is 29.1 Å². The number of aryl methyl sites for hydroxylation is 2. The summed E-state index contributed by atoms with van der Waals surface area (Å²) in [6.45, 7) is 3.19. The number of hydrogen-bond acceptors (Lipinski definition) is 4. The van der Waals surface area contributed by atoms with Gasteiger partial charge in [0.2, 0.25) is 0 Å². The summed E-state index contributed by atoms with van der Waals surface area (Å²) in [6.07, 6.45) is 8.25. The SMILES string of the molecule is Cc1cccc(N(CC2CC2)c2ccc3ncc(-c4cnn(C)c4)nc3c2)c1. The molecule has 1 aliphatic carbocycles. The third kappa shape index (κ3) is 3.36. The van der Waals surface area contributed by atoms with Crippen molar-refractivity contribution in [3.05, 3.63) is 66.6 Å². The van der Waals surface area contributed by atoms with Crippen LogP contribution in [0.4, 0.5) is 11.4 Å². The number of anilines is 2. The molecule has 0 amide bonds. The van der Waals surface area contributed by atoms with Crippen LogP contribution in [0.3, 0.4) is 0 Å². The van der Waals surface area contributed by atoms with Crippen molar-refractivity contribution in [2.24, 2.45) is 13.0 Å². The first-order chi connectivity index (χ1) is 13.7. The monoisotopic (exact) mass is 369 g/mol. The Balaban J connectivity index is 1.57. The van der Waals surface area contributed by atoms with Crippen molar-refractivity contribution in [2.75, 3.05) is 11.4 Å². The van der Waals surface area contributed by atoms with E-state index in [0.717, 1.165) is 34.8 Å². The molecular weight excluding hydrogens is 346 g/mol. The first kappa shape index (κ1) is 16.9. The highest BCUT2D eigenvalue weighted by atomic mass is 15.2. The third-order valence-electron chi connectivity index (χ3n) is 5.29. The van der Waals surface area contributed by atoms with Gasteiger partial charge in [-0.05, 0) is 61.6 Å². The maximum absolute atomic E-state index is 4.87. The van der Waals surface area contributed by atoms with Gasteiger partial charge in [-0.25, -0.2) is 4.98 Å².